The molecule has 126 valence electrons. The minimum Gasteiger partial charge on any atom is -0.349 e. The summed E-state index contributed by atoms with van der Waals surface area (Å²) >= 11 is 0. The highest BCUT2D eigenvalue weighted by Gasteiger charge is 2.27. The molecule has 2 rings (SSSR count). The van der Waals surface area contributed by atoms with E-state index in [2.05, 4.69) is 12.2 Å². The zero-order chi connectivity index (χ0) is 16.7. The Labute approximate surface area is 139 Å². The van der Waals surface area contributed by atoms with Gasteiger partial charge < -0.3 is 10.2 Å². The average molecular weight is 316 g/mol. The van der Waals surface area contributed by atoms with Gasteiger partial charge in [0.1, 0.15) is 0 Å². The molecule has 23 heavy (non-hydrogen) atoms. The lowest BCUT2D eigenvalue weighted by atomic mass is 9.95. The van der Waals surface area contributed by atoms with Gasteiger partial charge in [-0.25, -0.2) is 0 Å². The Kier molecular flexibility index (Phi) is 6.63. The molecule has 1 aliphatic heterocycles. The van der Waals surface area contributed by atoms with Crippen LogP contribution in [0, 0.1) is 5.92 Å². The van der Waals surface area contributed by atoms with Crippen molar-refractivity contribution in [3.63, 3.8) is 0 Å². The molecule has 1 fully saturated rings. The van der Waals surface area contributed by atoms with Crippen LogP contribution in [-0.2, 0) is 9.59 Å². The van der Waals surface area contributed by atoms with Crippen molar-refractivity contribution in [3.8, 4) is 0 Å². The lowest BCUT2D eigenvalue weighted by Crippen LogP contribution is -2.43. The number of hydrogen-bond acceptors (Lipinski definition) is 2. The van der Waals surface area contributed by atoms with E-state index in [9.17, 15) is 9.59 Å². The molecule has 1 aromatic carbocycles. The number of likely N-dealkylation sites (tertiary alicyclic amines) is 1. The lowest BCUT2D eigenvalue weighted by Gasteiger charge is -2.32. The maximum absolute atomic E-state index is 12.4. The molecule has 0 saturated carbocycles. The first kappa shape index (κ1) is 17.5. The fourth-order valence-electron chi connectivity index (χ4n) is 3.03. The molecule has 2 amide bonds. The maximum Gasteiger partial charge on any atom is 0.223 e. The van der Waals surface area contributed by atoms with E-state index in [1.807, 2.05) is 42.2 Å². The van der Waals surface area contributed by atoms with Crippen LogP contribution in [0.1, 0.15) is 57.6 Å². The van der Waals surface area contributed by atoms with Gasteiger partial charge >= 0.3 is 0 Å². The molecule has 1 aromatic rings. The smallest absolute Gasteiger partial charge is 0.223 e. The maximum atomic E-state index is 12.4. The molecule has 4 nitrogen and oxygen atoms in total. The van der Waals surface area contributed by atoms with E-state index < -0.39 is 0 Å². The van der Waals surface area contributed by atoms with E-state index in [0.29, 0.717) is 19.5 Å². The van der Waals surface area contributed by atoms with Crippen molar-refractivity contribution in [2.75, 3.05) is 13.1 Å². The molecule has 1 aliphatic rings. The SMILES string of the molecule is CCCCC(=O)N1CCC(C(=O)NC(C)c2ccccc2)CC1. The van der Waals surface area contributed by atoms with Gasteiger partial charge in [0, 0.05) is 25.4 Å². The second-order valence-electron chi connectivity index (χ2n) is 6.40. The van der Waals surface area contributed by atoms with Crippen molar-refractivity contribution in [2.24, 2.45) is 5.92 Å². The van der Waals surface area contributed by atoms with E-state index in [0.717, 1.165) is 31.2 Å². The Morgan fingerprint density at radius 2 is 1.87 bits per heavy atom. The molecule has 0 bridgehead atoms. The molecule has 1 saturated heterocycles. The van der Waals surface area contributed by atoms with E-state index in [1.54, 1.807) is 0 Å². The van der Waals surface area contributed by atoms with Crippen molar-refractivity contribution in [1.82, 2.24) is 10.2 Å². The highest BCUT2D eigenvalue weighted by Crippen LogP contribution is 2.20. The fourth-order valence-corrected chi connectivity index (χ4v) is 3.03. The van der Waals surface area contributed by atoms with Gasteiger partial charge in [0.25, 0.3) is 0 Å². The molecule has 1 unspecified atom stereocenters. The predicted octanol–water partition coefficient (Wildman–Crippen LogP) is 3.29. The van der Waals surface area contributed by atoms with Gasteiger partial charge in [-0.2, -0.15) is 0 Å². The number of nitrogens with zero attached hydrogens (tertiary/aromatic N) is 1. The highest BCUT2D eigenvalue weighted by atomic mass is 16.2. The molecule has 0 radical (unpaired) electrons. The number of unbranched alkanes of at least 4 members (excludes halogenated alkanes) is 1. The average Bonchev–Trinajstić information content (AvgIpc) is 2.60. The minimum atomic E-state index is 0.0212. The van der Waals surface area contributed by atoms with E-state index in [1.165, 1.54) is 0 Å². The summed E-state index contributed by atoms with van der Waals surface area (Å²) in [5.41, 5.74) is 1.12. The third kappa shape index (κ3) is 5.08. The zero-order valence-corrected chi connectivity index (χ0v) is 14.3. The number of piperidine rings is 1. The lowest BCUT2D eigenvalue weighted by molar-refractivity contribution is -0.135. The normalized spacial score (nSPS) is 16.9. The minimum absolute atomic E-state index is 0.0212. The summed E-state index contributed by atoms with van der Waals surface area (Å²) in [4.78, 5) is 26.4. The standard InChI is InChI=1S/C19H28N2O2/c1-3-4-10-18(22)21-13-11-17(12-14-21)19(23)20-15(2)16-8-6-5-7-9-16/h5-9,15,17H,3-4,10-14H2,1-2H3,(H,20,23). The van der Waals surface area contributed by atoms with Gasteiger partial charge in [-0.3, -0.25) is 9.59 Å². The molecular formula is C19H28N2O2. The number of carbonyl (C=O) groups excluding carboxylic acids is 2. The topological polar surface area (TPSA) is 49.4 Å². The van der Waals surface area contributed by atoms with E-state index >= 15 is 0 Å². The predicted molar refractivity (Wildman–Crippen MR) is 91.8 cm³/mol. The summed E-state index contributed by atoms with van der Waals surface area (Å²) < 4.78 is 0. The zero-order valence-electron chi connectivity index (χ0n) is 14.3. The summed E-state index contributed by atoms with van der Waals surface area (Å²) in [5.74, 6) is 0.377. The van der Waals surface area contributed by atoms with E-state index in [-0.39, 0.29) is 23.8 Å². The molecule has 4 heteroatoms. The van der Waals surface area contributed by atoms with Gasteiger partial charge in [0.05, 0.1) is 6.04 Å². The molecule has 0 aromatic heterocycles. The third-order valence-corrected chi connectivity index (χ3v) is 4.62. The number of nitrogens with one attached hydrogen (secondary N) is 1. The van der Waals surface area contributed by atoms with Crippen LogP contribution in [0.25, 0.3) is 0 Å². The van der Waals surface area contributed by atoms with Crippen LogP contribution in [0.4, 0.5) is 0 Å². The van der Waals surface area contributed by atoms with E-state index in [4.69, 9.17) is 0 Å². The van der Waals surface area contributed by atoms with Crippen LogP contribution in [0.2, 0.25) is 0 Å². The molecule has 0 spiro atoms. The van der Waals surface area contributed by atoms with Gasteiger partial charge in [-0.15, -0.1) is 0 Å². The van der Waals surface area contributed by atoms with Gasteiger partial charge in [-0.05, 0) is 31.7 Å². The summed E-state index contributed by atoms with van der Waals surface area (Å²) in [6, 6.07) is 10.0. The van der Waals surface area contributed by atoms with Crippen LogP contribution < -0.4 is 5.32 Å². The number of rotatable bonds is 6. The second kappa shape index (κ2) is 8.70. The largest absolute Gasteiger partial charge is 0.349 e. The van der Waals surface area contributed by atoms with Crippen molar-refractivity contribution in [3.05, 3.63) is 35.9 Å². The fraction of sp³-hybridized carbons (Fsp3) is 0.579. The Balaban J connectivity index is 1.78. The Hall–Kier alpha value is -1.84. The van der Waals surface area contributed by atoms with Gasteiger partial charge in [0.15, 0.2) is 0 Å². The second-order valence-corrected chi connectivity index (χ2v) is 6.40. The summed E-state index contributed by atoms with van der Waals surface area (Å²) in [5, 5.41) is 3.10. The first-order chi connectivity index (χ1) is 11.1. The number of amides is 2. The van der Waals surface area contributed by atoms with Crippen molar-refractivity contribution < 1.29 is 9.59 Å². The molecule has 1 heterocycles. The van der Waals surface area contributed by atoms with Crippen LogP contribution in [0.3, 0.4) is 0 Å². The molecule has 1 atom stereocenters. The Bertz CT molecular complexity index is 507. The van der Waals surface area contributed by atoms with Crippen molar-refractivity contribution >= 4 is 11.8 Å². The summed E-state index contributed by atoms with van der Waals surface area (Å²) in [6.07, 6.45) is 4.17. The highest BCUT2D eigenvalue weighted by molar-refractivity contribution is 5.80. The number of hydrogen-bond donors (Lipinski definition) is 1. The monoisotopic (exact) mass is 316 g/mol. The number of benzene rings is 1. The molecular weight excluding hydrogens is 288 g/mol. The van der Waals surface area contributed by atoms with Crippen LogP contribution >= 0.6 is 0 Å². The summed E-state index contributed by atoms with van der Waals surface area (Å²) in [6.45, 7) is 5.52. The van der Waals surface area contributed by atoms with Crippen molar-refractivity contribution in [2.45, 2.75) is 52.0 Å². The quantitative estimate of drug-likeness (QED) is 0.875. The molecule has 1 N–H and O–H groups in total. The van der Waals surface area contributed by atoms with Gasteiger partial charge in [-0.1, -0.05) is 43.7 Å². The third-order valence-electron chi connectivity index (χ3n) is 4.62. The first-order valence-corrected chi connectivity index (χ1v) is 8.75. The Morgan fingerprint density at radius 1 is 1.22 bits per heavy atom. The molecule has 0 aliphatic carbocycles. The summed E-state index contributed by atoms with van der Waals surface area (Å²) in [7, 11) is 0. The van der Waals surface area contributed by atoms with Crippen LogP contribution in [0.15, 0.2) is 30.3 Å². The number of carbonyl (C=O) groups is 2. The van der Waals surface area contributed by atoms with Crippen molar-refractivity contribution in [1.29, 1.82) is 0 Å². The van der Waals surface area contributed by atoms with Gasteiger partial charge in [0.2, 0.25) is 11.8 Å². The Morgan fingerprint density at radius 3 is 2.48 bits per heavy atom. The first-order valence-electron chi connectivity index (χ1n) is 8.75. The van der Waals surface area contributed by atoms with Crippen LogP contribution in [-0.4, -0.2) is 29.8 Å². The van der Waals surface area contributed by atoms with Crippen LogP contribution in [0.5, 0.6) is 0 Å².